The first-order valence-electron chi connectivity index (χ1n) is 6.09. The van der Waals surface area contributed by atoms with Gasteiger partial charge in [0.15, 0.2) is 0 Å². The molecule has 1 heterocycles. The van der Waals surface area contributed by atoms with E-state index < -0.39 is 11.7 Å². The van der Waals surface area contributed by atoms with E-state index in [0.29, 0.717) is 12.1 Å². The highest BCUT2D eigenvalue weighted by Crippen LogP contribution is 2.29. The summed E-state index contributed by atoms with van der Waals surface area (Å²) in [5.74, 6) is 0. The summed E-state index contributed by atoms with van der Waals surface area (Å²) >= 11 is 0. The van der Waals surface area contributed by atoms with Crippen LogP contribution in [0, 0.1) is 0 Å². The van der Waals surface area contributed by atoms with Gasteiger partial charge in [0.1, 0.15) is 0 Å². The molecule has 2 N–H and O–H groups in total. The average molecular weight is 258 g/mol. The van der Waals surface area contributed by atoms with Crippen molar-refractivity contribution in [2.45, 2.75) is 31.6 Å². The topological polar surface area (TPSA) is 29.3 Å². The van der Waals surface area contributed by atoms with Crippen LogP contribution in [0.2, 0.25) is 0 Å². The number of piperidine rings is 1. The summed E-state index contributed by atoms with van der Waals surface area (Å²) in [6, 6.07) is 5.66. The summed E-state index contributed by atoms with van der Waals surface area (Å²) in [5.41, 5.74) is 5.97. The lowest BCUT2D eigenvalue weighted by Gasteiger charge is -2.30. The molecule has 5 heteroatoms. The van der Waals surface area contributed by atoms with Gasteiger partial charge in [-0.1, -0.05) is 18.2 Å². The van der Waals surface area contributed by atoms with Crippen LogP contribution in [-0.2, 0) is 12.7 Å². The van der Waals surface area contributed by atoms with E-state index in [1.165, 1.54) is 12.1 Å². The maximum Gasteiger partial charge on any atom is 0.416 e. The quantitative estimate of drug-likeness (QED) is 0.883. The van der Waals surface area contributed by atoms with Crippen molar-refractivity contribution in [2.24, 2.45) is 5.73 Å². The van der Waals surface area contributed by atoms with Gasteiger partial charge >= 0.3 is 6.18 Å². The molecule has 100 valence electrons. The number of rotatable bonds is 2. The number of hydrogen-bond acceptors (Lipinski definition) is 2. The van der Waals surface area contributed by atoms with Crippen molar-refractivity contribution in [1.82, 2.24) is 4.90 Å². The Balaban J connectivity index is 2.05. The molecular weight excluding hydrogens is 241 g/mol. The minimum Gasteiger partial charge on any atom is -0.327 e. The average Bonchev–Trinajstić information content (AvgIpc) is 2.28. The Morgan fingerprint density at radius 1 is 1.33 bits per heavy atom. The van der Waals surface area contributed by atoms with Crippen LogP contribution in [0.3, 0.4) is 0 Å². The molecule has 0 radical (unpaired) electrons. The molecule has 0 unspecified atom stereocenters. The van der Waals surface area contributed by atoms with E-state index in [4.69, 9.17) is 5.73 Å². The highest BCUT2D eigenvalue weighted by atomic mass is 19.4. The Hall–Kier alpha value is -1.07. The van der Waals surface area contributed by atoms with Gasteiger partial charge in [0, 0.05) is 19.1 Å². The smallest absolute Gasteiger partial charge is 0.327 e. The van der Waals surface area contributed by atoms with Crippen LogP contribution in [0.4, 0.5) is 13.2 Å². The second-order valence-corrected chi connectivity index (χ2v) is 4.84. The van der Waals surface area contributed by atoms with Gasteiger partial charge in [-0.05, 0) is 31.0 Å². The van der Waals surface area contributed by atoms with Crippen LogP contribution in [0.5, 0.6) is 0 Å². The van der Waals surface area contributed by atoms with Crippen molar-refractivity contribution < 1.29 is 13.2 Å². The summed E-state index contributed by atoms with van der Waals surface area (Å²) in [6.07, 6.45) is -2.26. The second-order valence-electron chi connectivity index (χ2n) is 4.84. The van der Waals surface area contributed by atoms with Crippen LogP contribution in [-0.4, -0.2) is 24.0 Å². The molecule has 2 nitrogen and oxygen atoms in total. The Labute approximate surface area is 105 Å². The molecule has 18 heavy (non-hydrogen) atoms. The first-order chi connectivity index (χ1) is 8.45. The maximum absolute atomic E-state index is 12.6. The highest BCUT2D eigenvalue weighted by molar-refractivity contribution is 5.25. The Morgan fingerprint density at radius 3 is 2.78 bits per heavy atom. The van der Waals surface area contributed by atoms with E-state index in [-0.39, 0.29) is 6.04 Å². The first-order valence-corrected chi connectivity index (χ1v) is 6.09. The summed E-state index contributed by atoms with van der Waals surface area (Å²) in [7, 11) is 0. The van der Waals surface area contributed by atoms with Gasteiger partial charge in [0.2, 0.25) is 0 Å². The molecule has 1 saturated heterocycles. The van der Waals surface area contributed by atoms with Crippen LogP contribution in [0.15, 0.2) is 24.3 Å². The Morgan fingerprint density at radius 2 is 2.11 bits per heavy atom. The van der Waals surface area contributed by atoms with E-state index in [1.807, 2.05) is 0 Å². The zero-order valence-corrected chi connectivity index (χ0v) is 10.1. The third-order valence-electron chi connectivity index (χ3n) is 3.20. The molecule has 0 aromatic heterocycles. The number of halogens is 3. The number of nitrogens with zero attached hydrogens (tertiary/aromatic N) is 1. The molecule has 0 spiro atoms. The molecule has 0 amide bonds. The van der Waals surface area contributed by atoms with Crippen molar-refractivity contribution >= 4 is 0 Å². The molecule has 2 rings (SSSR count). The zero-order chi connectivity index (χ0) is 13.2. The van der Waals surface area contributed by atoms with Crippen molar-refractivity contribution in [2.75, 3.05) is 13.1 Å². The lowest BCUT2D eigenvalue weighted by atomic mass is 10.0. The van der Waals surface area contributed by atoms with Gasteiger partial charge in [-0.2, -0.15) is 13.2 Å². The monoisotopic (exact) mass is 258 g/mol. The third-order valence-corrected chi connectivity index (χ3v) is 3.20. The van der Waals surface area contributed by atoms with Crippen molar-refractivity contribution in [3.8, 4) is 0 Å². The molecule has 1 aromatic carbocycles. The predicted molar refractivity (Wildman–Crippen MR) is 63.9 cm³/mol. The lowest BCUT2D eigenvalue weighted by molar-refractivity contribution is -0.137. The van der Waals surface area contributed by atoms with Crippen molar-refractivity contribution in [1.29, 1.82) is 0 Å². The summed E-state index contributed by atoms with van der Waals surface area (Å²) in [6.45, 7) is 2.21. The van der Waals surface area contributed by atoms with Gasteiger partial charge in [0.25, 0.3) is 0 Å². The molecule has 0 aliphatic carbocycles. The van der Waals surface area contributed by atoms with Gasteiger partial charge in [-0.25, -0.2) is 0 Å². The fourth-order valence-corrected chi connectivity index (χ4v) is 2.34. The van der Waals surface area contributed by atoms with Gasteiger partial charge < -0.3 is 5.73 Å². The highest BCUT2D eigenvalue weighted by Gasteiger charge is 2.30. The number of likely N-dealkylation sites (tertiary alicyclic amines) is 1. The predicted octanol–water partition coefficient (Wildman–Crippen LogP) is 2.63. The molecule has 0 bridgehead atoms. The van der Waals surface area contributed by atoms with Crippen LogP contribution >= 0.6 is 0 Å². The molecule has 0 saturated carbocycles. The van der Waals surface area contributed by atoms with Gasteiger partial charge in [-0.15, -0.1) is 0 Å². The van der Waals surface area contributed by atoms with Crippen molar-refractivity contribution in [3.05, 3.63) is 35.4 Å². The minimum absolute atomic E-state index is 0.143. The fourth-order valence-electron chi connectivity index (χ4n) is 2.34. The minimum atomic E-state index is -4.27. The lowest BCUT2D eigenvalue weighted by Crippen LogP contribution is -2.42. The molecular formula is C13H17F3N2. The normalized spacial score (nSPS) is 22.1. The summed E-state index contributed by atoms with van der Waals surface area (Å²) in [4.78, 5) is 2.11. The number of benzene rings is 1. The molecule has 1 fully saturated rings. The van der Waals surface area contributed by atoms with Crippen molar-refractivity contribution in [3.63, 3.8) is 0 Å². The molecule has 1 atom stereocenters. The van der Waals surface area contributed by atoms with Gasteiger partial charge in [-0.3, -0.25) is 4.90 Å². The van der Waals surface area contributed by atoms with E-state index in [0.717, 1.165) is 32.0 Å². The number of hydrogen-bond donors (Lipinski definition) is 1. The zero-order valence-electron chi connectivity index (χ0n) is 10.1. The number of nitrogens with two attached hydrogens (primary N) is 1. The van der Waals surface area contributed by atoms with Crippen LogP contribution in [0.25, 0.3) is 0 Å². The SMILES string of the molecule is N[C@@H]1CCCN(Cc2cccc(C(F)(F)F)c2)C1. The fraction of sp³-hybridized carbons (Fsp3) is 0.538. The summed E-state index contributed by atoms with van der Waals surface area (Å²) < 4.78 is 37.7. The first kappa shape index (κ1) is 13.4. The van der Waals surface area contributed by atoms with Crippen LogP contribution in [0.1, 0.15) is 24.0 Å². The summed E-state index contributed by atoms with van der Waals surface area (Å²) in [5, 5.41) is 0. The maximum atomic E-state index is 12.6. The molecule has 1 aromatic rings. The Bertz CT molecular complexity index is 403. The third kappa shape index (κ3) is 3.46. The Kier molecular flexibility index (Phi) is 3.92. The molecule has 1 aliphatic heterocycles. The van der Waals surface area contributed by atoms with E-state index in [2.05, 4.69) is 4.90 Å². The second kappa shape index (κ2) is 5.28. The standard InChI is InChI=1S/C13H17F3N2/c14-13(15,16)11-4-1-3-10(7-11)8-18-6-2-5-12(17)9-18/h1,3-4,7,12H,2,5-6,8-9,17H2/t12-/m1/s1. The number of alkyl halides is 3. The molecule has 1 aliphatic rings. The van der Waals surface area contributed by atoms with Gasteiger partial charge in [0.05, 0.1) is 5.56 Å². The van der Waals surface area contributed by atoms with E-state index >= 15 is 0 Å². The largest absolute Gasteiger partial charge is 0.416 e. The van der Waals surface area contributed by atoms with Crippen LogP contribution < -0.4 is 5.73 Å². The van der Waals surface area contributed by atoms with E-state index in [9.17, 15) is 13.2 Å². The van der Waals surface area contributed by atoms with E-state index in [1.54, 1.807) is 6.07 Å².